The van der Waals surface area contributed by atoms with Crippen molar-refractivity contribution >= 4 is 17.7 Å². The lowest BCUT2D eigenvalue weighted by Gasteiger charge is -2.13. The molecule has 1 atom stereocenters. The average molecular weight is 243 g/mol. The van der Waals surface area contributed by atoms with Crippen molar-refractivity contribution in [2.45, 2.75) is 43.6 Å². The molecular formula is C10H17N3O2S. The molecule has 0 amide bonds. The predicted octanol–water partition coefficient (Wildman–Crippen LogP) is 1.90. The van der Waals surface area contributed by atoms with Crippen LogP contribution < -0.4 is 0 Å². The number of carbonyl (C=O) groups excluding carboxylic acids is 1. The lowest BCUT2D eigenvalue weighted by atomic mass is 10.3. The number of aromatic nitrogens is 3. The maximum absolute atomic E-state index is 11.4. The Balaban J connectivity index is 2.78. The van der Waals surface area contributed by atoms with Crippen molar-refractivity contribution in [1.82, 2.24) is 14.8 Å². The Bertz CT molecular complexity index is 352. The Labute approximate surface area is 99.6 Å². The summed E-state index contributed by atoms with van der Waals surface area (Å²) in [4.78, 5) is 11.4. The smallest absolute Gasteiger partial charge is 0.319 e. The van der Waals surface area contributed by atoms with Crippen LogP contribution >= 0.6 is 11.8 Å². The van der Waals surface area contributed by atoms with Gasteiger partial charge in [-0.1, -0.05) is 18.7 Å². The van der Waals surface area contributed by atoms with E-state index in [0.29, 0.717) is 6.42 Å². The molecule has 1 aromatic rings. The van der Waals surface area contributed by atoms with Crippen LogP contribution in [-0.4, -0.2) is 33.1 Å². The summed E-state index contributed by atoms with van der Waals surface area (Å²) in [6, 6.07) is 0.285. The summed E-state index contributed by atoms with van der Waals surface area (Å²) in [5.74, 6) is -0.217. The van der Waals surface area contributed by atoms with E-state index in [1.807, 2.05) is 25.3 Å². The molecule has 0 radical (unpaired) electrons. The van der Waals surface area contributed by atoms with Gasteiger partial charge in [-0.05, 0) is 20.3 Å². The second-order valence-corrected chi connectivity index (χ2v) is 4.82. The van der Waals surface area contributed by atoms with Gasteiger partial charge in [-0.2, -0.15) is 0 Å². The maximum Gasteiger partial charge on any atom is 0.319 e. The van der Waals surface area contributed by atoms with Crippen LogP contribution in [0.1, 0.15) is 33.2 Å². The minimum atomic E-state index is -0.217. The number of hydrogen-bond donors (Lipinski definition) is 0. The van der Waals surface area contributed by atoms with Crippen LogP contribution in [-0.2, 0) is 9.53 Å². The Morgan fingerprint density at radius 1 is 1.62 bits per heavy atom. The molecular weight excluding hydrogens is 226 g/mol. The summed E-state index contributed by atoms with van der Waals surface area (Å²) in [6.45, 7) is 6.05. The molecule has 1 heterocycles. The monoisotopic (exact) mass is 243 g/mol. The predicted molar refractivity (Wildman–Crippen MR) is 62.4 cm³/mol. The minimum absolute atomic E-state index is 0.216. The van der Waals surface area contributed by atoms with Gasteiger partial charge in [-0.3, -0.25) is 4.79 Å². The molecule has 5 nitrogen and oxygen atoms in total. The van der Waals surface area contributed by atoms with Crippen molar-refractivity contribution in [1.29, 1.82) is 0 Å². The third-order valence-electron chi connectivity index (χ3n) is 2.18. The molecule has 0 bridgehead atoms. The molecule has 0 saturated carbocycles. The number of thioether (sulfide) groups is 1. The Hall–Kier alpha value is -1.04. The van der Waals surface area contributed by atoms with Gasteiger partial charge in [0.2, 0.25) is 0 Å². The summed E-state index contributed by atoms with van der Waals surface area (Å²) < 4.78 is 6.68. The summed E-state index contributed by atoms with van der Waals surface area (Å²) in [5, 5.41) is 8.41. The molecule has 1 aromatic heterocycles. The lowest BCUT2D eigenvalue weighted by Crippen LogP contribution is -2.18. The van der Waals surface area contributed by atoms with Gasteiger partial charge in [0, 0.05) is 6.04 Å². The second-order valence-electron chi connectivity index (χ2n) is 3.65. The Kier molecular flexibility index (Phi) is 4.79. The molecule has 90 valence electrons. The fourth-order valence-electron chi connectivity index (χ4n) is 1.23. The molecule has 0 N–H and O–H groups in total. The van der Waals surface area contributed by atoms with E-state index in [0.717, 1.165) is 5.16 Å². The minimum Gasteiger partial charge on any atom is -0.468 e. The van der Waals surface area contributed by atoms with E-state index in [2.05, 4.69) is 10.2 Å². The highest BCUT2D eigenvalue weighted by molar-refractivity contribution is 8.00. The Morgan fingerprint density at radius 3 is 2.81 bits per heavy atom. The lowest BCUT2D eigenvalue weighted by molar-refractivity contribution is -0.140. The van der Waals surface area contributed by atoms with Crippen molar-refractivity contribution < 1.29 is 9.53 Å². The highest BCUT2D eigenvalue weighted by Gasteiger charge is 2.21. The highest BCUT2D eigenvalue weighted by atomic mass is 32.2. The fraction of sp³-hybridized carbons (Fsp3) is 0.700. The zero-order chi connectivity index (χ0) is 12.1. The molecule has 6 heteroatoms. The SMILES string of the molecule is CC[C@H](Sc1nncn1C(C)C)C(=O)OC. The third kappa shape index (κ3) is 2.98. The summed E-state index contributed by atoms with van der Waals surface area (Å²) in [5.41, 5.74) is 0. The largest absolute Gasteiger partial charge is 0.468 e. The van der Waals surface area contributed by atoms with Crippen molar-refractivity contribution in [3.63, 3.8) is 0 Å². The molecule has 0 aromatic carbocycles. The molecule has 0 aliphatic rings. The molecule has 0 aliphatic carbocycles. The number of nitrogens with zero attached hydrogens (tertiary/aromatic N) is 3. The van der Waals surface area contributed by atoms with Gasteiger partial charge in [0.05, 0.1) is 7.11 Å². The summed E-state index contributed by atoms with van der Waals surface area (Å²) in [7, 11) is 1.40. The van der Waals surface area contributed by atoms with E-state index in [1.165, 1.54) is 18.9 Å². The first-order chi connectivity index (χ1) is 7.60. The van der Waals surface area contributed by atoms with Gasteiger partial charge in [0.25, 0.3) is 0 Å². The number of ether oxygens (including phenoxy) is 1. The zero-order valence-corrected chi connectivity index (χ0v) is 10.8. The topological polar surface area (TPSA) is 57.0 Å². The van der Waals surface area contributed by atoms with Crippen LogP contribution in [0.25, 0.3) is 0 Å². The van der Waals surface area contributed by atoms with E-state index in [4.69, 9.17) is 4.74 Å². The van der Waals surface area contributed by atoms with Crippen LogP contribution in [0, 0.1) is 0 Å². The van der Waals surface area contributed by atoms with E-state index >= 15 is 0 Å². The molecule has 16 heavy (non-hydrogen) atoms. The molecule has 0 fully saturated rings. The van der Waals surface area contributed by atoms with Crippen LogP contribution in [0.2, 0.25) is 0 Å². The zero-order valence-electron chi connectivity index (χ0n) is 10.0. The number of rotatable bonds is 5. The van der Waals surface area contributed by atoms with Crippen molar-refractivity contribution in [2.24, 2.45) is 0 Å². The molecule has 0 aliphatic heterocycles. The Morgan fingerprint density at radius 2 is 2.31 bits per heavy atom. The highest BCUT2D eigenvalue weighted by Crippen LogP contribution is 2.26. The number of methoxy groups -OCH3 is 1. The summed E-state index contributed by atoms with van der Waals surface area (Å²) >= 11 is 1.40. The average Bonchev–Trinajstić information content (AvgIpc) is 2.72. The second kappa shape index (κ2) is 5.89. The van der Waals surface area contributed by atoms with Gasteiger partial charge in [-0.15, -0.1) is 10.2 Å². The van der Waals surface area contributed by atoms with Crippen molar-refractivity contribution in [3.05, 3.63) is 6.33 Å². The van der Waals surface area contributed by atoms with Crippen LogP contribution in [0.3, 0.4) is 0 Å². The molecule has 0 spiro atoms. The van der Waals surface area contributed by atoms with E-state index in [9.17, 15) is 4.79 Å². The van der Waals surface area contributed by atoms with Crippen molar-refractivity contribution in [3.8, 4) is 0 Å². The molecule has 1 rings (SSSR count). The van der Waals surface area contributed by atoms with E-state index in [-0.39, 0.29) is 17.3 Å². The molecule has 0 saturated heterocycles. The first kappa shape index (κ1) is 13.0. The molecule has 0 unspecified atom stereocenters. The van der Waals surface area contributed by atoms with Gasteiger partial charge < -0.3 is 9.30 Å². The maximum atomic E-state index is 11.4. The van der Waals surface area contributed by atoms with Crippen LogP contribution in [0.4, 0.5) is 0 Å². The van der Waals surface area contributed by atoms with Gasteiger partial charge in [0.15, 0.2) is 5.16 Å². The third-order valence-corrected chi connectivity index (χ3v) is 3.49. The summed E-state index contributed by atoms with van der Waals surface area (Å²) in [6.07, 6.45) is 2.39. The van der Waals surface area contributed by atoms with Gasteiger partial charge in [0.1, 0.15) is 11.6 Å². The van der Waals surface area contributed by atoms with Gasteiger partial charge in [-0.25, -0.2) is 0 Å². The number of esters is 1. The number of hydrogen-bond acceptors (Lipinski definition) is 5. The quantitative estimate of drug-likeness (QED) is 0.584. The fourth-order valence-corrected chi connectivity index (χ4v) is 2.31. The van der Waals surface area contributed by atoms with Crippen LogP contribution in [0.15, 0.2) is 11.5 Å². The first-order valence-corrected chi connectivity index (χ1v) is 6.12. The van der Waals surface area contributed by atoms with E-state index < -0.39 is 0 Å². The standard InChI is InChI=1S/C10H17N3O2S/c1-5-8(9(14)15-4)16-10-12-11-6-13(10)7(2)3/h6-8H,5H2,1-4H3/t8-/m0/s1. The van der Waals surface area contributed by atoms with Gasteiger partial charge >= 0.3 is 5.97 Å². The first-order valence-electron chi connectivity index (χ1n) is 5.24. The van der Waals surface area contributed by atoms with Crippen LogP contribution in [0.5, 0.6) is 0 Å². The number of carbonyl (C=O) groups is 1. The van der Waals surface area contributed by atoms with Crippen molar-refractivity contribution in [2.75, 3.05) is 7.11 Å². The van der Waals surface area contributed by atoms with E-state index in [1.54, 1.807) is 6.33 Å². The normalized spacial score (nSPS) is 12.8.